The lowest BCUT2D eigenvalue weighted by Gasteiger charge is -2.30. The number of rotatable bonds is 4. The van der Waals surface area contributed by atoms with Crippen LogP contribution in [0.4, 0.5) is 0 Å². The molecular weight excluding hydrogens is 572 g/mol. The highest BCUT2D eigenvalue weighted by Crippen LogP contribution is 2.46. The second-order valence-corrected chi connectivity index (χ2v) is 12.5. The van der Waals surface area contributed by atoms with Gasteiger partial charge in [0.2, 0.25) is 0 Å². The Morgan fingerprint density at radius 2 is 0.652 bits per heavy atom. The highest BCUT2D eigenvalue weighted by Gasteiger charge is 2.37. The van der Waals surface area contributed by atoms with Gasteiger partial charge in [0.1, 0.15) is 0 Å². The van der Waals surface area contributed by atoms with Crippen molar-refractivity contribution >= 4 is 66.7 Å². The molecule has 7 aromatic carbocycles. The molecule has 2 aliphatic heterocycles. The summed E-state index contributed by atoms with van der Waals surface area (Å²) in [4.78, 5) is 58.1. The van der Waals surface area contributed by atoms with Crippen LogP contribution in [-0.4, -0.2) is 33.4 Å². The van der Waals surface area contributed by atoms with Gasteiger partial charge in [-0.2, -0.15) is 0 Å². The maximum atomic E-state index is 13.9. The summed E-state index contributed by atoms with van der Waals surface area (Å²) in [6, 6.07) is 30.6. The Labute approximate surface area is 263 Å². The monoisotopic (exact) mass is 598 g/mol. The minimum atomic E-state index is -0.317. The molecule has 6 nitrogen and oxygen atoms in total. The van der Waals surface area contributed by atoms with Crippen molar-refractivity contribution < 1.29 is 19.2 Å². The van der Waals surface area contributed by atoms with Gasteiger partial charge >= 0.3 is 0 Å². The molecule has 4 amide bonds. The van der Waals surface area contributed by atoms with E-state index in [0.717, 1.165) is 54.6 Å². The van der Waals surface area contributed by atoms with E-state index in [1.165, 1.54) is 9.80 Å². The molecule has 0 unspecified atom stereocenters. The molecule has 0 saturated heterocycles. The first kappa shape index (κ1) is 26.5. The summed E-state index contributed by atoms with van der Waals surface area (Å²) in [5.41, 5.74) is 5.97. The lowest BCUT2D eigenvalue weighted by atomic mass is 9.82. The molecule has 9 rings (SSSR count). The quantitative estimate of drug-likeness (QED) is 0.117. The Balaban J connectivity index is 1.22. The minimum absolute atomic E-state index is 0.194. The number of fused-ring (bicyclic) bond motifs is 2. The van der Waals surface area contributed by atoms with Crippen LogP contribution in [-0.2, 0) is 13.1 Å². The van der Waals surface area contributed by atoms with Crippen LogP contribution < -0.4 is 0 Å². The third-order valence-electron chi connectivity index (χ3n) is 9.73. The van der Waals surface area contributed by atoms with E-state index in [1.54, 1.807) is 0 Å². The Morgan fingerprint density at radius 1 is 0.370 bits per heavy atom. The maximum Gasteiger partial charge on any atom is 0.261 e. The van der Waals surface area contributed by atoms with Crippen LogP contribution in [0, 0.1) is 13.8 Å². The van der Waals surface area contributed by atoms with Gasteiger partial charge in [0.25, 0.3) is 23.6 Å². The number of carbonyl (C=O) groups excluding carboxylic acids is 4. The van der Waals surface area contributed by atoms with E-state index in [9.17, 15) is 19.2 Å². The molecule has 0 fully saturated rings. The predicted molar refractivity (Wildman–Crippen MR) is 178 cm³/mol. The van der Waals surface area contributed by atoms with Crippen LogP contribution >= 0.6 is 0 Å². The fourth-order valence-corrected chi connectivity index (χ4v) is 7.41. The van der Waals surface area contributed by atoms with Crippen LogP contribution in [0.2, 0.25) is 0 Å². The van der Waals surface area contributed by atoms with Crippen molar-refractivity contribution in [2.45, 2.75) is 26.9 Å². The SMILES string of the molecule is Cc1ccc(CN2C(=O)c3ccc4c5ccc6c7c(ccc(c8ccc(c3c48)C2=O)c75)C(=O)N(Cc2ccc(C)cc2)C6=O)cc1. The van der Waals surface area contributed by atoms with E-state index in [-0.39, 0.29) is 36.7 Å². The Morgan fingerprint density at radius 3 is 0.935 bits per heavy atom. The van der Waals surface area contributed by atoms with Gasteiger partial charge in [-0.1, -0.05) is 83.9 Å². The number of benzene rings is 7. The van der Waals surface area contributed by atoms with E-state index in [0.29, 0.717) is 33.0 Å². The molecule has 0 radical (unpaired) electrons. The summed E-state index contributed by atoms with van der Waals surface area (Å²) in [6.45, 7) is 4.39. The molecule has 2 heterocycles. The number of hydrogen-bond donors (Lipinski definition) is 0. The molecule has 2 aliphatic rings. The normalized spacial score (nSPS) is 14.6. The molecule has 0 aliphatic carbocycles. The molecule has 0 bridgehead atoms. The standard InChI is InChI=1S/C40H26N2O4/c1-21-3-7-23(8-4-21)19-41-37(43)29-15-11-25-27-13-17-31-36-32(40(46)42(39(31)45)20-24-9-5-22(2)6-10-24)18-14-28(34(27)36)26-12-16-30(38(41)44)35(29)33(25)26/h3-18H,19-20H2,1-2H3. The summed E-state index contributed by atoms with van der Waals surface area (Å²) in [5, 5.41) is 6.50. The first-order valence-corrected chi connectivity index (χ1v) is 15.3. The fourth-order valence-electron chi connectivity index (χ4n) is 7.41. The third kappa shape index (κ3) is 3.52. The summed E-state index contributed by atoms with van der Waals surface area (Å²) in [6.07, 6.45) is 0. The molecule has 0 spiro atoms. The first-order chi connectivity index (χ1) is 22.3. The van der Waals surface area contributed by atoms with Crippen LogP contribution in [0.3, 0.4) is 0 Å². The van der Waals surface area contributed by atoms with E-state index in [1.807, 2.05) is 111 Å². The van der Waals surface area contributed by atoms with Crippen molar-refractivity contribution in [1.82, 2.24) is 9.80 Å². The summed E-state index contributed by atoms with van der Waals surface area (Å²) >= 11 is 0. The Hall–Kier alpha value is -5.88. The fraction of sp³-hybridized carbons (Fsp3) is 0.100. The second-order valence-electron chi connectivity index (χ2n) is 12.5. The van der Waals surface area contributed by atoms with Gasteiger partial charge < -0.3 is 0 Å². The van der Waals surface area contributed by atoms with Crippen LogP contribution in [0.1, 0.15) is 63.7 Å². The van der Waals surface area contributed by atoms with E-state index in [2.05, 4.69) is 0 Å². The zero-order valence-corrected chi connectivity index (χ0v) is 25.2. The molecule has 46 heavy (non-hydrogen) atoms. The Kier molecular flexibility index (Phi) is 5.37. The molecule has 7 aromatic rings. The molecular formula is C40H26N2O4. The zero-order chi connectivity index (χ0) is 31.4. The first-order valence-electron chi connectivity index (χ1n) is 15.3. The van der Waals surface area contributed by atoms with Crippen LogP contribution in [0.5, 0.6) is 0 Å². The van der Waals surface area contributed by atoms with E-state index in [4.69, 9.17) is 0 Å². The van der Waals surface area contributed by atoms with Gasteiger partial charge in [-0.05, 0) is 81.6 Å². The van der Waals surface area contributed by atoms with Crippen molar-refractivity contribution in [1.29, 1.82) is 0 Å². The van der Waals surface area contributed by atoms with Gasteiger partial charge in [-0.25, -0.2) is 0 Å². The smallest absolute Gasteiger partial charge is 0.261 e. The number of amides is 4. The minimum Gasteiger partial charge on any atom is -0.270 e. The number of imide groups is 2. The largest absolute Gasteiger partial charge is 0.270 e. The topological polar surface area (TPSA) is 74.8 Å². The molecule has 0 saturated carbocycles. The molecule has 6 heteroatoms. The highest BCUT2D eigenvalue weighted by atomic mass is 16.2. The average Bonchev–Trinajstić information content (AvgIpc) is 3.07. The van der Waals surface area contributed by atoms with Crippen molar-refractivity contribution in [3.05, 3.63) is 142 Å². The molecule has 220 valence electrons. The predicted octanol–water partition coefficient (Wildman–Crippen LogP) is 7.95. The van der Waals surface area contributed by atoms with Gasteiger partial charge in [-0.3, -0.25) is 29.0 Å². The van der Waals surface area contributed by atoms with Gasteiger partial charge in [0.15, 0.2) is 0 Å². The van der Waals surface area contributed by atoms with Gasteiger partial charge in [0, 0.05) is 33.0 Å². The second kappa shape index (κ2) is 9.31. The summed E-state index contributed by atoms with van der Waals surface area (Å²) in [7, 11) is 0. The number of hydrogen-bond acceptors (Lipinski definition) is 4. The number of nitrogens with zero attached hydrogens (tertiary/aromatic N) is 2. The zero-order valence-electron chi connectivity index (χ0n) is 25.2. The maximum absolute atomic E-state index is 13.9. The van der Waals surface area contributed by atoms with E-state index >= 15 is 0 Å². The molecule has 0 aromatic heterocycles. The average molecular weight is 599 g/mol. The number of aryl methyl sites for hydroxylation is 2. The van der Waals surface area contributed by atoms with Gasteiger partial charge in [-0.15, -0.1) is 0 Å². The van der Waals surface area contributed by atoms with E-state index < -0.39 is 0 Å². The van der Waals surface area contributed by atoms with Gasteiger partial charge in [0.05, 0.1) is 13.1 Å². The lowest BCUT2D eigenvalue weighted by Crippen LogP contribution is -2.40. The van der Waals surface area contributed by atoms with Crippen molar-refractivity contribution in [3.8, 4) is 0 Å². The third-order valence-corrected chi connectivity index (χ3v) is 9.73. The lowest BCUT2D eigenvalue weighted by molar-refractivity contribution is 0.0583. The van der Waals surface area contributed by atoms with Crippen LogP contribution in [0.25, 0.3) is 43.1 Å². The van der Waals surface area contributed by atoms with Crippen molar-refractivity contribution in [2.75, 3.05) is 0 Å². The highest BCUT2D eigenvalue weighted by molar-refractivity contribution is 6.41. The number of carbonyl (C=O) groups is 4. The molecule has 0 atom stereocenters. The Bertz CT molecular complexity index is 2210. The van der Waals surface area contributed by atoms with Crippen LogP contribution in [0.15, 0.2) is 97.1 Å². The summed E-state index contributed by atoms with van der Waals surface area (Å²) in [5.74, 6) is -1.27. The van der Waals surface area contributed by atoms with Crippen molar-refractivity contribution in [3.63, 3.8) is 0 Å². The van der Waals surface area contributed by atoms with Crippen molar-refractivity contribution in [2.24, 2.45) is 0 Å². The summed E-state index contributed by atoms with van der Waals surface area (Å²) < 4.78 is 0. The molecule has 0 N–H and O–H groups in total.